The number of carbonyl (C=O) groups is 1. The van der Waals surface area contributed by atoms with E-state index in [9.17, 15) is 4.79 Å². The van der Waals surface area contributed by atoms with Gasteiger partial charge in [0.1, 0.15) is 0 Å². The Bertz CT molecular complexity index is 351. The Balaban J connectivity index is 2.30. The lowest BCUT2D eigenvalue weighted by atomic mass is 10.1. The highest BCUT2D eigenvalue weighted by atomic mass is 32.2. The number of thioether (sulfide) groups is 1. The van der Waals surface area contributed by atoms with E-state index in [1.54, 1.807) is 12.1 Å². The van der Waals surface area contributed by atoms with Crippen LogP contribution in [0.5, 0.6) is 0 Å². The molecule has 94 valence electrons. The van der Waals surface area contributed by atoms with Crippen LogP contribution >= 0.6 is 11.8 Å². The zero-order valence-electron chi connectivity index (χ0n) is 10.4. The molecule has 0 aromatic heterocycles. The lowest BCUT2D eigenvalue weighted by Gasteiger charge is -2.09. The SMILES string of the molecule is CSC(C)CCNCc1ccc(C(N)=O)cc1. The molecular formula is C13H20N2OS. The molecule has 1 amide bonds. The molecule has 0 radical (unpaired) electrons. The van der Waals surface area contributed by atoms with Gasteiger partial charge in [-0.25, -0.2) is 0 Å². The molecule has 0 bridgehead atoms. The monoisotopic (exact) mass is 252 g/mol. The van der Waals surface area contributed by atoms with Crippen molar-refractivity contribution in [2.75, 3.05) is 12.8 Å². The van der Waals surface area contributed by atoms with Gasteiger partial charge in [-0.3, -0.25) is 4.79 Å². The standard InChI is InChI=1S/C13H20N2OS/c1-10(17-2)7-8-15-9-11-3-5-12(6-4-11)13(14)16/h3-6,10,15H,7-9H2,1-2H3,(H2,14,16). The quantitative estimate of drug-likeness (QED) is 0.730. The highest BCUT2D eigenvalue weighted by Gasteiger charge is 2.00. The van der Waals surface area contributed by atoms with Crippen LogP contribution in [-0.4, -0.2) is 24.0 Å². The van der Waals surface area contributed by atoms with Crippen molar-refractivity contribution in [2.24, 2.45) is 5.73 Å². The number of hydrogen-bond acceptors (Lipinski definition) is 3. The largest absolute Gasteiger partial charge is 0.366 e. The lowest BCUT2D eigenvalue weighted by molar-refractivity contribution is 0.100. The zero-order valence-corrected chi connectivity index (χ0v) is 11.2. The third-order valence-electron chi connectivity index (χ3n) is 2.70. The molecule has 1 aromatic carbocycles. The molecule has 3 nitrogen and oxygen atoms in total. The van der Waals surface area contributed by atoms with Gasteiger partial charge < -0.3 is 11.1 Å². The normalized spacial score (nSPS) is 12.4. The first-order valence-corrected chi connectivity index (χ1v) is 7.04. The zero-order chi connectivity index (χ0) is 12.7. The van der Waals surface area contributed by atoms with E-state index in [1.807, 2.05) is 23.9 Å². The Morgan fingerprint density at radius 1 is 1.41 bits per heavy atom. The second kappa shape index (κ2) is 7.35. The molecule has 1 atom stereocenters. The molecule has 0 aliphatic carbocycles. The summed E-state index contributed by atoms with van der Waals surface area (Å²) in [5.41, 5.74) is 6.91. The maximum atomic E-state index is 10.9. The molecule has 0 saturated carbocycles. The van der Waals surface area contributed by atoms with Crippen LogP contribution in [0.3, 0.4) is 0 Å². The van der Waals surface area contributed by atoms with Crippen LogP contribution in [-0.2, 0) is 6.54 Å². The highest BCUT2D eigenvalue weighted by Crippen LogP contribution is 2.08. The van der Waals surface area contributed by atoms with E-state index in [0.29, 0.717) is 10.8 Å². The fourth-order valence-corrected chi connectivity index (χ4v) is 1.80. The average Bonchev–Trinajstić information content (AvgIpc) is 2.34. The highest BCUT2D eigenvalue weighted by molar-refractivity contribution is 7.99. The van der Waals surface area contributed by atoms with Crippen LogP contribution in [0.4, 0.5) is 0 Å². The topological polar surface area (TPSA) is 55.1 Å². The third kappa shape index (κ3) is 5.24. The molecule has 0 aliphatic rings. The van der Waals surface area contributed by atoms with Crippen molar-refractivity contribution in [2.45, 2.75) is 25.1 Å². The summed E-state index contributed by atoms with van der Waals surface area (Å²) in [5.74, 6) is -0.377. The summed E-state index contributed by atoms with van der Waals surface area (Å²) in [6, 6.07) is 7.41. The first-order valence-electron chi connectivity index (χ1n) is 5.75. The minimum absolute atomic E-state index is 0.377. The maximum absolute atomic E-state index is 10.9. The van der Waals surface area contributed by atoms with Crippen LogP contribution in [0.2, 0.25) is 0 Å². The van der Waals surface area contributed by atoms with Gasteiger partial charge in [-0.15, -0.1) is 0 Å². The number of nitrogens with one attached hydrogen (secondary N) is 1. The van der Waals surface area contributed by atoms with E-state index in [-0.39, 0.29) is 5.91 Å². The van der Waals surface area contributed by atoms with E-state index >= 15 is 0 Å². The molecule has 0 spiro atoms. The van der Waals surface area contributed by atoms with Crippen molar-refractivity contribution in [3.05, 3.63) is 35.4 Å². The number of amides is 1. The molecule has 3 N–H and O–H groups in total. The number of hydrogen-bond donors (Lipinski definition) is 2. The molecule has 4 heteroatoms. The molecule has 1 unspecified atom stereocenters. The van der Waals surface area contributed by atoms with Crippen molar-refractivity contribution < 1.29 is 4.79 Å². The Labute approximate surface area is 107 Å². The molecule has 0 heterocycles. The van der Waals surface area contributed by atoms with Gasteiger partial charge in [0, 0.05) is 17.4 Å². The van der Waals surface area contributed by atoms with Crippen LogP contribution in [0.15, 0.2) is 24.3 Å². The van der Waals surface area contributed by atoms with E-state index < -0.39 is 0 Å². The first kappa shape index (κ1) is 14.1. The third-order valence-corrected chi connectivity index (χ3v) is 3.74. The minimum atomic E-state index is -0.377. The summed E-state index contributed by atoms with van der Waals surface area (Å²) in [5, 5.41) is 4.08. The Kier molecular flexibility index (Phi) is 6.08. The number of rotatable bonds is 7. The Hall–Kier alpha value is -1.00. The lowest BCUT2D eigenvalue weighted by Crippen LogP contribution is -2.18. The van der Waals surface area contributed by atoms with Gasteiger partial charge in [0.25, 0.3) is 0 Å². The van der Waals surface area contributed by atoms with Crippen LogP contribution in [0, 0.1) is 0 Å². The molecule has 0 aliphatic heterocycles. The van der Waals surface area contributed by atoms with Crippen LogP contribution in [0.1, 0.15) is 29.3 Å². The summed E-state index contributed by atoms with van der Waals surface area (Å²) in [6.45, 7) is 4.08. The van der Waals surface area contributed by atoms with E-state index in [4.69, 9.17) is 5.73 Å². The van der Waals surface area contributed by atoms with Gasteiger partial charge in [0.15, 0.2) is 0 Å². The summed E-state index contributed by atoms with van der Waals surface area (Å²) < 4.78 is 0. The summed E-state index contributed by atoms with van der Waals surface area (Å²) in [7, 11) is 0. The first-order chi connectivity index (χ1) is 8.13. The molecule has 0 saturated heterocycles. The molecule has 17 heavy (non-hydrogen) atoms. The number of nitrogens with two attached hydrogens (primary N) is 1. The van der Waals surface area contributed by atoms with Crippen LogP contribution < -0.4 is 11.1 Å². The van der Waals surface area contributed by atoms with E-state index in [2.05, 4.69) is 18.5 Å². The molecular weight excluding hydrogens is 232 g/mol. The van der Waals surface area contributed by atoms with E-state index in [1.165, 1.54) is 12.0 Å². The fraction of sp³-hybridized carbons (Fsp3) is 0.462. The fourth-order valence-electron chi connectivity index (χ4n) is 1.44. The maximum Gasteiger partial charge on any atom is 0.248 e. The molecule has 0 fully saturated rings. The number of benzene rings is 1. The van der Waals surface area contributed by atoms with Crippen LogP contribution in [0.25, 0.3) is 0 Å². The van der Waals surface area contributed by atoms with Gasteiger partial charge in [-0.05, 0) is 36.9 Å². The average molecular weight is 252 g/mol. The predicted octanol–water partition coefficient (Wildman–Crippen LogP) is 2.02. The molecule has 1 rings (SSSR count). The number of primary amides is 1. The van der Waals surface area contributed by atoms with Crippen molar-refractivity contribution in [1.82, 2.24) is 5.32 Å². The Morgan fingerprint density at radius 2 is 2.06 bits per heavy atom. The molecule has 1 aromatic rings. The smallest absolute Gasteiger partial charge is 0.248 e. The number of carbonyl (C=O) groups excluding carboxylic acids is 1. The van der Waals surface area contributed by atoms with Crippen molar-refractivity contribution in [3.8, 4) is 0 Å². The predicted molar refractivity (Wildman–Crippen MR) is 74.3 cm³/mol. The second-order valence-corrected chi connectivity index (χ2v) is 5.35. The van der Waals surface area contributed by atoms with Gasteiger partial charge in [-0.2, -0.15) is 11.8 Å². The van der Waals surface area contributed by atoms with Crippen molar-refractivity contribution in [1.29, 1.82) is 0 Å². The summed E-state index contributed by atoms with van der Waals surface area (Å²) in [4.78, 5) is 10.9. The minimum Gasteiger partial charge on any atom is -0.366 e. The van der Waals surface area contributed by atoms with Crippen molar-refractivity contribution in [3.63, 3.8) is 0 Å². The van der Waals surface area contributed by atoms with Crippen molar-refractivity contribution >= 4 is 17.7 Å². The summed E-state index contributed by atoms with van der Waals surface area (Å²) in [6.07, 6.45) is 3.30. The van der Waals surface area contributed by atoms with Gasteiger partial charge in [0.05, 0.1) is 0 Å². The van der Waals surface area contributed by atoms with Gasteiger partial charge in [-0.1, -0.05) is 19.1 Å². The summed E-state index contributed by atoms with van der Waals surface area (Å²) >= 11 is 1.88. The second-order valence-electron chi connectivity index (χ2n) is 4.07. The Morgan fingerprint density at radius 3 is 2.59 bits per heavy atom. The van der Waals surface area contributed by atoms with Gasteiger partial charge in [0.2, 0.25) is 5.91 Å². The van der Waals surface area contributed by atoms with Gasteiger partial charge >= 0.3 is 0 Å². The van der Waals surface area contributed by atoms with E-state index in [0.717, 1.165) is 13.1 Å².